The molecule has 35 heavy (non-hydrogen) atoms. The van der Waals surface area contributed by atoms with E-state index in [-0.39, 0.29) is 24.2 Å². The number of terminal acetylenes is 1. The van der Waals surface area contributed by atoms with Gasteiger partial charge >= 0.3 is 6.08 Å². The molecule has 11 nitrogen and oxygen atoms in total. The van der Waals surface area contributed by atoms with Gasteiger partial charge in [0.2, 0.25) is 6.79 Å². The summed E-state index contributed by atoms with van der Waals surface area (Å²) in [6.07, 6.45) is 7.26. The van der Waals surface area contributed by atoms with Crippen molar-refractivity contribution in [2.45, 2.75) is 32.2 Å². The van der Waals surface area contributed by atoms with Crippen LogP contribution in [0.5, 0.6) is 11.5 Å². The Bertz CT molecular complexity index is 1450. The summed E-state index contributed by atoms with van der Waals surface area (Å²) in [7, 11) is -3.75. The van der Waals surface area contributed by atoms with Crippen LogP contribution in [-0.2, 0) is 23.2 Å². The van der Waals surface area contributed by atoms with E-state index < -0.39 is 16.3 Å². The Hall–Kier alpha value is -3.47. The SMILES string of the molecule is C#Cc1cc2c(cc1Cc1nc3c(N)nc(F)nc3n1CCC1CCCN(S(N)(=O)=O)C1)OCO2. The number of aryl methyl sites for hydroxylation is 1. The average molecular weight is 502 g/mol. The topological polar surface area (TPSA) is 151 Å². The molecule has 2 aromatic heterocycles. The molecule has 0 saturated carbocycles. The van der Waals surface area contributed by atoms with Gasteiger partial charge in [-0.2, -0.15) is 27.1 Å². The lowest BCUT2D eigenvalue weighted by molar-refractivity contribution is 0.174. The lowest BCUT2D eigenvalue weighted by Gasteiger charge is -2.30. The molecule has 0 amide bonds. The number of rotatable bonds is 6. The fourth-order valence-electron chi connectivity index (χ4n) is 4.65. The fraction of sp³-hybridized carbons (Fsp3) is 0.409. The summed E-state index contributed by atoms with van der Waals surface area (Å²) in [5.41, 5.74) is 7.90. The molecule has 5 rings (SSSR count). The number of ether oxygens (including phenoxy) is 2. The Morgan fingerprint density at radius 3 is 2.74 bits per heavy atom. The van der Waals surface area contributed by atoms with E-state index in [4.69, 9.17) is 26.8 Å². The summed E-state index contributed by atoms with van der Waals surface area (Å²) >= 11 is 0. The van der Waals surface area contributed by atoms with E-state index in [2.05, 4.69) is 20.9 Å². The van der Waals surface area contributed by atoms with Crippen LogP contribution in [0.4, 0.5) is 10.2 Å². The number of aromatic nitrogens is 4. The van der Waals surface area contributed by atoms with Crippen LogP contribution in [-0.4, -0.2) is 52.1 Å². The first-order valence-corrected chi connectivity index (χ1v) is 12.6. The van der Waals surface area contributed by atoms with Crippen molar-refractivity contribution in [1.29, 1.82) is 0 Å². The molecule has 0 bridgehead atoms. The van der Waals surface area contributed by atoms with Gasteiger partial charge in [0, 0.05) is 37.7 Å². The second-order valence-electron chi connectivity index (χ2n) is 8.61. The normalized spacial score (nSPS) is 18.1. The number of anilines is 1. The van der Waals surface area contributed by atoms with Crippen molar-refractivity contribution in [1.82, 2.24) is 23.8 Å². The molecule has 0 radical (unpaired) electrons. The van der Waals surface area contributed by atoms with Gasteiger partial charge in [-0.3, -0.25) is 0 Å². The summed E-state index contributed by atoms with van der Waals surface area (Å²) in [5, 5.41) is 5.32. The first kappa shape index (κ1) is 23.3. The van der Waals surface area contributed by atoms with Gasteiger partial charge in [0.15, 0.2) is 28.5 Å². The van der Waals surface area contributed by atoms with E-state index in [1.165, 1.54) is 4.31 Å². The molecule has 2 aliphatic rings. The molecule has 1 aromatic carbocycles. The highest BCUT2D eigenvalue weighted by Gasteiger charge is 2.27. The van der Waals surface area contributed by atoms with Gasteiger partial charge in [-0.1, -0.05) is 5.92 Å². The smallest absolute Gasteiger partial charge is 0.312 e. The number of hydrogen-bond acceptors (Lipinski definition) is 8. The second-order valence-corrected chi connectivity index (χ2v) is 10.2. The van der Waals surface area contributed by atoms with Gasteiger partial charge in [0.25, 0.3) is 10.2 Å². The molecule has 0 aliphatic carbocycles. The zero-order valence-electron chi connectivity index (χ0n) is 18.8. The van der Waals surface area contributed by atoms with Crippen LogP contribution >= 0.6 is 0 Å². The van der Waals surface area contributed by atoms with Gasteiger partial charge in [0.1, 0.15) is 5.82 Å². The molecule has 1 fully saturated rings. The van der Waals surface area contributed by atoms with E-state index in [0.29, 0.717) is 67.3 Å². The first-order valence-electron chi connectivity index (χ1n) is 11.1. The maximum Gasteiger partial charge on any atom is 0.312 e. The Balaban J connectivity index is 1.48. The number of halogens is 1. The van der Waals surface area contributed by atoms with Crippen molar-refractivity contribution < 1.29 is 22.3 Å². The van der Waals surface area contributed by atoms with Crippen molar-refractivity contribution in [3.63, 3.8) is 0 Å². The number of imidazole rings is 1. The van der Waals surface area contributed by atoms with Crippen LogP contribution in [0.3, 0.4) is 0 Å². The number of nitrogen functional groups attached to an aromatic ring is 1. The number of nitrogens with two attached hydrogens (primary N) is 2. The highest BCUT2D eigenvalue weighted by Crippen LogP contribution is 2.36. The highest BCUT2D eigenvalue weighted by molar-refractivity contribution is 7.86. The highest BCUT2D eigenvalue weighted by atomic mass is 32.2. The van der Waals surface area contributed by atoms with Gasteiger partial charge in [-0.05, 0) is 36.8 Å². The van der Waals surface area contributed by atoms with Gasteiger partial charge < -0.3 is 19.8 Å². The van der Waals surface area contributed by atoms with E-state index in [1.807, 2.05) is 6.07 Å². The van der Waals surface area contributed by atoms with Gasteiger partial charge in [-0.15, -0.1) is 6.42 Å². The third kappa shape index (κ3) is 4.60. The predicted octanol–water partition coefficient (Wildman–Crippen LogP) is 1.15. The number of nitrogens with zero attached hydrogens (tertiary/aromatic N) is 5. The van der Waals surface area contributed by atoms with Crippen LogP contribution in [0.1, 0.15) is 36.2 Å². The second kappa shape index (κ2) is 8.95. The van der Waals surface area contributed by atoms with Crippen molar-refractivity contribution in [3.05, 3.63) is 35.2 Å². The van der Waals surface area contributed by atoms with Crippen molar-refractivity contribution in [2.24, 2.45) is 11.1 Å². The molecular formula is C22H24FN7O4S. The summed E-state index contributed by atoms with van der Waals surface area (Å²) in [5.74, 6) is 4.40. The molecule has 4 heterocycles. The standard InChI is InChI=1S/C22H24FN7O4S/c1-2-14-8-16-17(34-12-33-16)9-15(14)10-18-26-19-20(24)27-22(23)28-21(19)30(18)7-5-13-4-3-6-29(11-13)35(25,31)32/h1,8-9,13H,3-7,10-12H2,(H2,24,27,28)(H2,25,31,32). The van der Waals surface area contributed by atoms with Crippen molar-refractivity contribution in [2.75, 3.05) is 25.6 Å². The number of hydrogen-bond donors (Lipinski definition) is 2. The summed E-state index contributed by atoms with van der Waals surface area (Å²) in [6, 6.07) is 3.55. The zero-order valence-corrected chi connectivity index (χ0v) is 19.6. The lowest BCUT2D eigenvalue weighted by atomic mass is 9.96. The molecule has 1 saturated heterocycles. The first-order chi connectivity index (χ1) is 16.7. The third-order valence-electron chi connectivity index (χ3n) is 6.38. The summed E-state index contributed by atoms with van der Waals surface area (Å²) in [6.45, 7) is 1.27. The third-order valence-corrected chi connectivity index (χ3v) is 7.43. The number of fused-ring (bicyclic) bond motifs is 2. The van der Waals surface area contributed by atoms with Crippen molar-refractivity contribution >= 4 is 27.2 Å². The van der Waals surface area contributed by atoms with E-state index in [9.17, 15) is 12.8 Å². The molecule has 13 heteroatoms. The van der Waals surface area contributed by atoms with Crippen molar-refractivity contribution in [3.8, 4) is 23.8 Å². The largest absolute Gasteiger partial charge is 0.454 e. The van der Waals surface area contributed by atoms with Crippen LogP contribution in [0, 0.1) is 24.3 Å². The Morgan fingerprint density at radius 1 is 1.23 bits per heavy atom. The number of benzene rings is 1. The quantitative estimate of drug-likeness (QED) is 0.377. The molecular weight excluding hydrogens is 477 g/mol. The summed E-state index contributed by atoms with van der Waals surface area (Å²) < 4.78 is 51.6. The minimum absolute atomic E-state index is 0.0616. The van der Waals surface area contributed by atoms with E-state index in [0.717, 1.165) is 12.0 Å². The molecule has 2 aliphatic heterocycles. The molecule has 3 aromatic rings. The predicted molar refractivity (Wildman–Crippen MR) is 125 cm³/mol. The maximum absolute atomic E-state index is 14.1. The zero-order chi connectivity index (χ0) is 24.7. The number of piperidine rings is 1. The average Bonchev–Trinajstić information content (AvgIpc) is 3.41. The Morgan fingerprint density at radius 2 is 2.00 bits per heavy atom. The fourth-order valence-corrected chi connectivity index (χ4v) is 5.45. The van der Waals surface area contributed by atoms with Crippen LogP contribution in [0.25, 0.3) is 11.2 Å². The molecule has 184 valence electrons. The Labute approximate surface area is 201 Å². The Kier molecular flexibility index (Phi) is 5.96. The molecule has 4 N–H and O–H groups in total. The summed E-state index contributed by atoms with van der Waals surface area (Å²) in [4.78, 5) is 12.2. The van der Waals surface area contributed by atoms with Gasteiger partial charge in [-0.25, -0.2) is 10.1 Å². The molecule has 1 unspecified atom stereocenters. The van der Waals surface area contributed by atoms with E-state index in [1.54, 1.807) is 10.6 Å². The maximum atomic E-state index is 14.1. The minimum atomic E-state index is -3.75. The monoisotopic (exact) mass is 501 g/mol. The van der Waals surface area contributed by atoms with E-state index >= 15 is 0 Å². The van der Waals surface area contributed by atoms with Crippen LogP contribution < -0.4 is 20.3 Å². The van der Waals surface area contributed by atoms with Gasteiger partial charge in [0.05, 0.1) is 0 Å². The van der Waals surface area contributed by atoms with Crippen LogP contribution in [0.15, 0.2) is 12.1 Å². The molecule has 0 spiro atoms. The lowest BCUT2D eigenvalue weighted by Crippen LogP contribution is -2.43. The minimum Gasteiger partial charge on any atom is -0.454 e. The van der Waals surface area contributed by atoms with Crippen LogP contribution in [0.2, 0.25) is 0 Å². The molecule has 1 atom stereocenters.